The molecule has 1 aromatic heterocycles. The van der Waals surface area contributed by atoms with Gasteiger partial charge in [-0.15, -0.1) is 0 Å². The second-order valence-corrected chi connectivity index (χ2v) is 4.40. The Kier molecular flexibility index (Phi) is 4.70. The van der Waals surface area contributed by atoms with E-state index in [1.165, 1.54) is 6.20 Å². The van der Waals surface area contributed by atoms with Crippen LogP contribution in [0.5, 0.6) is 5.88 Å². The van der Waals surface area contributed by atoms with E-state index in [4.69, 9.17) is 9.47 Å². The minimum atomic E-state index is -0.604. The highest BCUT2D eigenvalue weighted by Gasteiger charge is 2.15. The quantitative estimate of drug-likeness (QED) is 0.796. The summed E-state index contributed by atoms with van der Waals surface area (Å²) in [4.78, 5) is 19.3. The van der Waals surface area contributed by atoms with Crippen molar-refractivity contribution in [3.8, 4) is 5.88 Å². The molecule has 0 aliphatic heterocycles. The summed E-state index contributed by atoms with van der Waals surface area (Å²) in [6, 6.07) is 1.63. The number of rotatable bonds is 4. The number of carbonyl (C=O) groups is 1. The fourth-order valence-corrected chi connectivity index (χ4v) is 1.04. The predicted molar refractivity (Wildman–Crippen MR) is 66.2 cm³/mol. The molecule has 1 heterocycles. The Morgan fingerprint density at radius 1 is 1.44 bits per heavy atom. The Morgan fingerprint density at radius 2 is 2.17 bits per heavy atom. The molecule has 0 saturated heterocycles. The highest BCUT2D eigenvalue weighted by molar-refractivity contribution is 5.69. The van der Waals surface area contributed by atoms with Crippen LogP contribution in [0.15, 0.2) is 12.3 Å². The molecule has 0 saturated carbocycles. The topological polar surface area (TPSA) is 85.4 Å². The number of amides is 1. The smallest absolute Gasteiger partial charge is 0.426 e. The number of hydrogen-bond donors (Lipinski definition) is 2. The third kappa shape index (κ3) is 5.33. The molecule has 0 spiro atoms. The molecule has 7 heteroatoms. The molecule has 0 atom stereocenters. The number of carbonyl (C=O) groups excluding carboxylic acids is 1. The maximum Gasteiger partial charge on any atom is 0.426 e. The van der Waals surface area contributed by atoms with Crippen molar-refractivity contribution in [3.63, 3.8) is 0 Å². The van der Waals surface area contributed by atoms with Crippen LogP contribution in [-0.2, 0) is 4.74 Å². The van der Waals surface area contributed by atoms with Crippen LogP contribution < -0.4 is 15.6 Å². The Morgan fingerprint density at radius 3 is 2.78 bits per heavy atom. The van der Waals surface area contributed by atoms with Gasteiger partial charge in [0, 0.05) is 12.3 Å². The van der Waals surface area contributed by atoms with Gasteiger partial charge in [-0.05, 0) is 27.7 Å². The van der Waals surface area contributed by atoms with E-state index in [1.54, 1.807) is 26.8 Å². The Balaban J connectivity index is 2.48. The molecule has 0 unspecified atom stereocenters. The summed E-state index contributed by atoms with van der Waals surface area (Å²) in [7, 11) is 0. The number of aromatic nitrogens is 2. The largest absolute Gasteiger partial charge is 0.478 e. The zero-order valence-corrected chi connectivity index (χ0v) is 11.0. The van der Waals surface area contributed by atoms with Gasteiger partial charge < -0.3 is 9.47 Å². The average molecular weight is 254 g/mol. The van der Waals surface area contributed by atoms with Gasteiger partial charge in [-0.1, -0.05) is 0 Å². The first-order valence-corrected chi connectivity index (χ1v) is 5.61. The first kappa shape index (κ1) is 14.0. The minimum Gasteiger partial charge on any atom is -0.478 e. The van der Waals surface area contributed by atoms with Crippen LogP contribution in [0.3, 0.4) is 0 Å². The lowest BCUT2D eigenvalue weighted by Gasteiger charge is -2.19. The fraction of sp³-hybridized carbons (Fsp3) is 0.545. The van der Waals surface area contributed by atoms with E-state index in [2.05, 4.69) is 20.8 Å². The van der Waals surface area contributed by atoms with E-state index < -0.39 is 11.7 Å². The van der Waals surface area contributed by atoms with Crippen LogP contribution in [-0.4, -0.2) is 28.3 Å². The molecule has 0 aliphatic rings. The van der Waals surface area contributed by atoms with Crippen molar-refractivity contribution in [2.24, 2.45) is 0 Å². The lowest BCUT2D eigenvalue weighted by atomic mass is 10.2. The zero-order chi connectivity index (χ0) is 13.6. The zero-order valence-electron chi connectivity index (χ0n) is 11.0. The first-order valence-electron chi connectivity index (χ1n) is 5.61. The van der Waals surface area contributed by atoms with Crippen LogP contribution in [0.1, 0.15) is 27.7 Å². The lowest BCUT2D eigenvalue weighted by Crippen LogP contribution is -2.36. The minimum absolute atomic E-state index is 0.229. The van der Waals surface area contributed by atoms with Crippen molar-refractivity contribution in [2.45, 2.75) is 33.3 Å². The van der Waals surface area contributed by atoms with Crippen LogP contribution in [0, 0.1) is 0 Å². The molecular formula is C11H18N4O3. The molecular weight excluding hydrogens is 236 g/mol. The summed E-state index contributed by atoms with van der Waals surface area (Å²) in [6.45, 7) is 7.69. The summed E-state index contributed by atoms with van der Waals surface area (Å²) >= 11 is 0. The van der Waals surface area contributed by atoms with Gasteiger partial charge in [-0.25, -0.2) is 15.2 Å². The molecule has 0 aliphatic carbocycles. The summed E-state index contributed by atoms with van der Waals surface area (Å²) in [5, 5.41) is 0. The average Bonchev–Trinajstić information content (AvgIpc) is 2.25. The van der Waals surface area contributed by atoms with Gasteiger partial charge in [0.15, 0.2) is 0 Å². The molecule has 0 fully saturated rings. The van der Waals surface area contributed by atoms with Crippen LogP contribution in [0.2, 0.25) is 0 Å². The third-order valence-corrected chi connectivity index (χ3v) is 1.60. The van der Waals surface area contributed by atoms with Gasteiger partial charge in [0.2, 0.25) is 11.8 Å². The van der Waals surface area contributed by atoms with Crippen molar-refractivity contribution < 1.29 is 14.3 Å². The van der Waals surface area contributed by atoms with Crippen molar-refractivity contribution in [1.82, 2.24) is 15.4 Å². The number of ether oxygens (including phenoxy) is 2. The number of hydrazine groups is 1. The Bertz CT molecular complexity index is 404. The van der Waals surface area contributed by atoms with Crippen molar-refractivity contribution >= 4 is 12.0 Å². The van der Waals surface area contributed by atoms with E-state index in [-0.39, 0.29) is 5.95 Å². The fourth-order valence-electron chi connectivity index (χ4n) is 1.04. The standard InChI is InChI=1S/C11H18N4O3/c1-5-17-8-6-7-12-9(13-8)14-15-10(16)18-11(2,3)4/h6-7H,5H2,1-4H3,(H,15,16)(H,12,13,14). The van der Waals surface area contributed by atoms with E-state index >= 15 is 0 Å². The van der Waals surface area contributed by atoms with Crippen molar-refractivity contribution in [2.75, 3.05) is 12.0 Å². The van der Waals surface area contributed by atoms with Gasteiger partial charge in [-0.3, -0.25) is 5.43 Å². The third-order valence-electron chi connectivity index (χ3n) is 1.60. The first-order chi connectivity index (χ1) is 8.40. The monoisotopic (exact) mass is 254 g/mol. The highest BCUT2D eigenvalue weighted by Crippen LogP contribution is 2.08. The SMILES string of the molecule is CCOc1ccnc(NNC(=O)OC(C)(C)C)n1. The molecule has 2 N–H and O–H groups in total. The molecule has 1 amide bonds. The maximum atomic E-state index is 11.4. The van der Waals surface area contributed by atoms with Crippen LogP contribution in [0.4, 0.5) is 10.7 Å². The van der Waals surface area contributed by atoms with Crippen LogP contribution >= 0.6 is 0 Å². The van der Waals surface area contributed by atoms with Gasteiger partial charge >= 0.3 is 6.09 Å². The van der Waals surface area contributed by atoms with Crippen molar-refractivity contribution in [3.05, 3.63) is 12.3 Å². The summed E-state index contributed by atoms with van der Waals surface area (Å²) < 4.78 is 10.2. The van der Waals surface area contributed by atoms with Gasteiger partial charge in [0.05, 0.1) is 6.61 Å². The molecule has 1 rings (SSSR count). The van der Waals surface area contributed by atoms with E-state index in [1.807, 2.05) is 6.92 Å². The summed E-state index contributed by atoms with van der Waals surface area (Å²) in [6.07, 6.45) is 0.921. The van der Waals surface area contributed by atoms with Gasteiger partial charge in [0.25, 0.3) is 0 Å². The van der Waals surface area contributed by atoms with Gasteiger partial charge in [-0.2, -0.15) is 4.98 Å². The number of nitrogens with one attached hydrogen (secondary N) is 2. The molecule has 18 heavy (non-hydrogen) atoms. The Labute approximate surface area is 106 Å². The van der Waals surface area contributed by atoms with E-state index in [0.29, 0.717) is 12.5 Å². The molecule has 7 nitrogen and oxygen atoms in total. The second kappa shape index (κ2) is 6.04. The van der Waals surface area contributed by atoms with Crippen LogP contribution in [0.25, 0.3) is 0 Å². The summed E-state index contributed by atoms with van der Waals surface area (Å²) in [5.41, 5.74) is 4.32. The summed E-state index contributed by atoms with van der Waals surface area (Å²) in [5.74, 6) is 0.660. The maximum absolute atomic E-state index is 11.4. The normalized spacial score (nSPS) is 10.7. The highest BCUT2D eigenvalue weighted by atomic mass is 16.6. The molecule has 100 valence electrons. The molecule has 0 radical (unpaired) electrons. The number of hydrogen-bond acceptors (Lipinski definition) is 6. The molecule has 0 aromatic carbocycles. The van der Waals surface area contributed by atoms with Gasteiger partial charge in [0.1, 0.15) is 5.60 Å². The number of nitrogens with zero attached hydrogens (tertiary/aromatic N) is 2. The number of anilines is 1. The Hall–Kier alpha value is -2.05. The molecule has 1 aromatic rings. The predicted octanol–water partition coefficient (Wildman–Crippen LogP) is 1.73. The van der Waals surface area contributed by atoms with Crippen molar-refractivity contribution in [1.29, 1.82) is 0 Å². The molecule has 0 bridgehead atoms. The van der Waals surface area contributed by atoms with E-state index in [9.17, 15) is 4.79 Å². The second-order valence-electron chi connectivity index (χ2n) is 4.40. The lowest BCUT2D eigenvalue weighted by molar-refractivity contribution is 0.0540. The van der Waals surface area contributed by atoms with E-state index in [0.717, 1.165) is 0 Å².